The van der Waals surface area contributed by atoms with Gasteiger partial charge in [0.15, 0.2) is 15.3 Å². The first kappa shape index (κ1) is 17.2. The summed E-state index contributed by atoms with van der Waals surface area (Å²) in [5.74, 6) is 0.552. The molecule has 0 bridgehead atoms. The summed E-state index contributed by atoms with van der Waals surface area (Å²) in [6.45, 7) is 0.851. The van der Waals surface area contributed by atoms with Gasteiger partial charge in [-0.3, -0.25) is 4.79 Å². The number of piperidine rings is 1. The van der Waals surface area contributed by atoms with Crippen LogP contribution in [0, 0.1) is 5.41 Å². The lowest BCUT2D eigenvalue weighted by molar-refractivity contribution is -0.129. The predicted octanol–water partition coefficient (Wildman–Crippen LogP) is 2.70. The second-order valence-electron chi connectivity index (χ2n) is 6.74. The Balaban J connectivity index is 1.51. The van der Waals surface area contributed by atoms with Gasteiger partial charge in [-0.25, -0.2) is 0 Å². The van der Waals surface area contributed by atoms with E-state index in [4.69, 9.17) is 4.74 Å². The van der Waals surface area contributed by atoms with Gasteiger partial charge in [-0.05, 0) is 37.1 Å². The molecule has 2 aliphatic heterocycles. The Labute approximate surface area is 153 Å². The number of nitrogens with zero attached hydrogens (tertiary/aromatic N) is 1. The van der Waals surface area contributed by atoms with Gasteiger partial charge in [0.05, 0.1) is 11.1 Å². The number of carbonyl (C=O) groups excluding carboxylic acids is 1. The third kappa shape index (κ3) is 2.92. The van der Waals surface area contributed by atoms with Crippen LogP contribution in [0.5, 0.6) is 5.75 Å². The van der Waals surface area contributed by atoms with Gasteiger partial charge in [-0.1, -0.05) is 34.5 Å². The third-order valence-corrected chi connectivity index (χ3v) is 7.09. The number of para-hydroxylation sites is 2. The minimum Gasteiger partial charge on any atom is -0.593 e. The zero-order valence-corrected chi connectivity index (χ0v) is 15.0. The van der Waals surface area contributed by atoms with Crippen LogP contribution in [0.3, 0.4) is 0 Å². The van der Waals surface area contributed by atoms with Crippen LogP contribution in [0.15, 0.2) is 59.5 Å². The van der Waals surface area contributed by atoms with Crippen LogP contribution in [0.25, 0.3) is 0 Å². The second kappa shape index (κ2) is 6.50. The molecule has 2 aromatic rings. The molecule has 7 heteroatoms. The topological polar surface area (TPSA) is 81.7 Å². The van der Waals surface area contributed by atoms with Crippen LogP contribution in [0.2, 0.25) is 0 Å². The Kier molecular flexibility index (Phi) is 4.30. The fourth-order valence-electron chi connectivity index (χ4n) is 3.50. The van der Waals surface area contributed by atoms with E-state index in [2.05, 4.69) is 5.32 Å². The number of rotatable bonds is 2. The molecule has 4 rings (SSSR count). The summed E-state index contributed by atoms with van der Waals surface area (Å²) in [5, 5.41) is 2.94. The summed E-state index contributed by atoms with van der Waals surface area (Å²) in [6.07, 6.45) is 0.859. The van der Waals surface area contributed by atoms with E-state index in [1.54, 1.807) is 36.4 Å². The number of hydrogen-bond donors (Lipinski definition) is 1. The Morgan fingerprint density at radius 1 is 1.04 bits per heavy atom. The molecular formula is C19H20N2O4S. The second-order valence-corrected chi connectivity index (χ2v) is 8.67. The standard InChI is InChI=1S/C19H20N2O4S/c22-18-19(14-25-17-9-5-4-8-16(17)20-18)10-12-21(13-11-19)26(23,24)15-6-2-1-3-7-15/h1-9H,10-14H2,(H-,20,22,23,24). The number of sulfonamides is 1. The van der Waals surface area contributed by atoms with Gasteiger partial charge in [0.2, 0.25) is 5.91 Å². The van der Waals surface area contributed by atoms with E-state index in [1.165, 1.54) is 4.31 Å². The van der Waals surface area contributed by atoms with E-state index in [1.807, 2.05) is 18.2 Å². The number of benzene rings is 2. The molecule has 0 saturated carbocycles. The van der Waals surface area contributed by atoms with E-state index in [-0.39, 0.29) is 17.4 Å². The molecule has 136 valence electrons. The molecule has 1 N–H and O–H groups in total. The maximum atomic E-state index is 12.8. The lowest BCUT2D eigenvalue weighted by atomic mass is 9.79. The molecule has 2 aliphatic rings. The molecule has 6 nitrogen and oxygen atoms in total. The van der Waals surface area contributed by atoms with Crippen LogP contribution < -0.4 is 10.1 Å². The SMILES string of the molecule is O=C1Nc2ccccc2OCC12CCN([S+](=O)([O-])c1ccccc1)CC2. The fraction of sp³-hybridized carbons (Fsp3) is 0.316. The minimum atomic E-state index is -3.54. The van der Waals surface area contributed by atoms with Crippen molar-refractivity contribution in [3.63, 3.8) is 0 Å². The van der Waals surface area contributed by atoms with E-state index in [0.29, 0.717) is 37.4 Å². The summed E-state index contributed by atoms with van der Waals surface area (Å²) in [5.41, 5.74) is -0.0458. The molecular weight excluding hydrogens is 352 g/mol. The summed E-state index contributed by atoms with van der Waals surface area (Å²) < 4.78 is 32.9. The molecule has 1 fully saturated rings. The van der Waals surface area contributed by atoms with Gasteiger partial charge in [0.25, 0.3) is 0 Å². The lowest BCUT2D eigenvalue weighted by Crippen LogP contribution is -2.51. The maximum Gasteiger partial charge on any atom is 0.234 e. The van der Waals surface area contributed by atoms with E-state index < -0.39 is 15.8 Å². The van der Waals surface area contributed by atoms with Crippen LogP contribution >= 0.6 is 0 Å². The Morgan fingerprint density at radius 3 is 2.42 bits per heavy atom. The molecule has 1 atom stereocenters. The summed E-state index contributed by atoms with van der Waals surface area (Å²) in [7, 11) is -3.54. The van der Waals surface area contributed by atoms with Crippen molar-refractivity contribution in [1.82, 2.24) is 4.31 Å². The highest BCUT2D eigenvalue weighted by Crippen LogP contribution is 2.40. The maximum absolute atomic E-state index is 12.8. The minimum absolute atomic E-state index is 0.0980. The normalized spacial score (nSPS) is 21.8. The molecule has 26 heavy (non-hydrogen) atoms. The van der Waals surface area contributed by atoms with Crippen LogP contribution in [-0.2, 0) is 19.4 Å². The molecule has 1 unspecified atom stereocenters. The average Bonchev–Trinajstić information content (AvgIpc) is 2.80. The van der Waals surface area contributed by atoms with Gasteiger partial charge >= 0.3 is 0 Å². The van der Waals surface area contributed by atoms with Gasteiger partial charge in [-0.2, -0.15) is 0 Å². The van der Waals surface area contributed by atoms with Crippen molar-refractivity contribution in [1.29, 1.82) is 0 Å². The Bertz CT molecular complexity index is 863. The molecule has 0 aliphatic carbocycles. The van der Waals surface area contributed by atoms with Gasteiger partial charge < -0.3 is 14.6 Å². The highest BCUT2D eigenvalue weighted by Gasteiger charge is 2.47. The van der Waals surface area contributed by atoms with E-state index in [0.717, 1.165) is 0 Å². The van der Waals surface area contributed by atoms with Gasteiger partial charge in [0, 0.05) is 13.1 Å². The number of hydrogen-bond acceptors (Lipinski definition) is 4. The van der Waals surface area contributed by atoms with Crippen LogP contribution in [0.4, 0.5) is 5.69 Å². The number of amides is 1. The van der Waals surface area contributed by atoms with Crippen molar-refractivity contribution >= 4 is 22.0 Å². The lowest BCUT2D eigenvalue weighted by Gasteiger charge is -2.39. The summed E-state index contributed by atoms with van der Waals surface area (Å²) in [4.78, 5) is 13.1. The number of fused-ring (bicyclic) bond motifs is 1. The summed E-state index contributed by atoms with van der Waals surface area (Å²) >= 11 is 0. The average molecular weight is 372 g/mol. The largest absolute Gasteiger partial charge is 0.593 e. The Morgan fingerprint density at radius 2 is 1.69 bits per heavy atom. The zero-order valence-electron chi connectivity index (χ0n) is 14.2. The third-order valence-electron chi connectivity index (χ3n) is 5.18. The first-order chi connectivity index (χ1) is 12.5. The number of anilines is 1. The Hall–Kier alpha value is -2.22. The molecule has 1 spiro atoms. The fourth-order valence-corrected chi connectivity index (χ4v) is 4.96. The predicted molar refractivity (Wildman–Crippen MR) is 97.3 cm³/mol. The van der Waals surface area contributed by atoms with Crippen molar-refractivity contribution < 1.29 is 18.3 Å². The molecule has 1 amide bonds. The van der Waals surface area contributed by atoms with Gasteiger partial charge in [-0.15, -0.1) is 4.31 Å². The molecule has 2 heterocycles. The first-order valence-electron chi connectivity index (χ1n) is 8.60. The van der Waals surface area contributed by atoms with Crippen molar-refractivity contribution in [2.24, 2.45) is 5.41 Å². The zero-order chi connectivity index (χ0) is 18.2. The number of nitrogens with one attached hydrogen (secondary N) is 1. The van der Waals surface area contributed by atoms with Crippen LogP contribution in [0.1, 0.15) is 12.8 Å². The van der Waals surface area contributed by atoms with Gasteiger partial charge in [0.1, 0.15) is 12.4 Å². The highest BCUT2D eigenvalue weighted by molar-refractivity contribution is 7.95. The number of ether oxygens (including phenoxy) is 1. The molecule has 0 aromatic heterocycles. The van der Waals surface area contributed by atoms with Crippen molar-refractivity contribution in [2.75, 3.05) is 25.0 Å². The summed E-state index contributed by atoms with van der Waals surface area (Å²) in [6, 6.07) is 15.7. The molecule has 0 radical (unpaired) electrons. The quantitative estimate of drug-likeness (QED) is 0.822. The smallest absolute Gasteiger partial charge is 0.234 e. The van der Waals surface area contributed by atoms with Crippen LogP contribution in [-0.4, -0.2) is 34.5 Å². The monoisotopic (exact) mass is 372 g/mol. The first-order valence-corrected chi connectivity index (χ1v) is 10.0. The molecule has 1 saturated heterocycles. The van der Waals surface area contributed by atoms with Crippen molar-refractivity contribution in [2.45, 2.75) is 17.7 Å². The van der Waals surface area contributed by atoms with E-state index in [9.17, 15) is 13.6 Å². The van der Waals surface area contributed by atoms with Crippen molar-refractivity contribution in [3.8, 4) is 5.75 Å². The number of carbonyl (C=O) groups is 1. The molecule has 2 aromatic carbocycles. The van der Waals surface area contributed by atoms with Crippen molar-refractivity contribution in [3.05, 3.63) is 54.6 Å². The highest BCUT2D eigenvalue weighted by atomic mass is 32.3. The van der Waals surface area contributed by atoms with E-state index >= 15 is 0 Å².